The highest BCUT2D eigenvalue weighted by atomic mass is 19.4. The number of methoxy groups -OCH3 is 1. The van der Waals surface area contributed by atoms with Crippen LogP contribution in [0, 0.1) is 0 Å². The van der Waals surface area contributed by atoms with Crippen LogP contribution in [0.5, 0.6) is 11.5 Å². The van der Waals surface area contributed by atoms with E-state index < -0.39 is 11.9 Å². The number of rotatable bonds is 5. The summed E-state index contributed by atoms with van der Waals surface area (Å²) in [5, 5.41) is 13.2. The van der Waals surface area contributed by atoms with Crippen LogP contribution in [-0.2, 0) is 6.42 Å². The van der Waals surface area contributed by atoms with Crippen LogP contribution in [0.3, 0.4) is 0 Å². The van der Waals surface area contributed by atoms with Gasteiger partial charge in [0, 0.05) is 11.9 Å². The van der Waals surface area contributed by atoms with Gasteiger partial charge in [-0.2, -0.15) is 5.10 Å². The van der Waals surface area contributed by atoms with Crippen molar-refractivity contribution in [2.45, 2.75) is 19.7 Å². The summed E-state index contributed by atoms with van der Waals surface area (Å²) in [6, 6.07) is 14.1. The highest BCUT2D eigenvalue weighted by Gasteiger charge is 2.31. The van der Waals surface area contributed by atoms with Crippen molar-refractivity contribution in [3.05, 3.63) is 76.8 Å². The van der Waals surface area contributed by atoms with E-state index >= 15 is 0 Å². The Morgan fingerprint density at radius 3 is 2.26 bits per heavy atom. The minimum atomic E-state index is -4.80. The van der Waals surface area contributed by atoms with Crippen molar-refractivity contribution in [2.24, 2.45) is 0 Å². The summed E-state index contributed by atoms with van der Waals surface area (Å²) in [6.07, 6.45) is -2.64. The largest absolute Gasteiger partial charge is 0.573 e. The first-order valence-corrected chi connectivity index (χ1v) is 10.6. The smallest absolute Gasteiger partial charge is 0.497 e. The fraction of sp³-hybridized carbons (Fsp3) is 0.167. The predicted molar refractivity (Wildman–Crippen MR) is 122 cm³/mol. The zero-order valence-corrected chi connectivity index (χ0v) is 18.6. The Hall–Kier alpha value is -4.41. The number of fused-ring (bicyclic) bond motifs is 3. The third-order valence-electron chi connectivity index (χ3n) is 5.51. The Bertz CT molecular complexity index is 1590. The summed E-state index contributed by atoms with van der Waals surface area (Å²) >= 11 is 0. The van der Waals surface area contributed by atoms with Crippen molar-refractivity contribution >= 4 is 16.7 Å². The summed E-state index contributed by atoms with van der Waals surface area (Å²) in [6.45, 7) is 1.98. The van der Waals surface area contributed by atoms with Gasteiger partial charge in [0.05, 0.1) is 18.4 Å². The molecule has 11 heteroatoms. The molecule has 0 aliphatic carbocycles. The van der Waals surface area contributed by atoms with Crippen molar-refractivity contribution in [1.82, 2.24) is 24.4 Å². The van der Waals surface area contributed by atoms with Gasteiger partial charge in [0.15, 0.2) is 11.2 Å². The molecular formula is C24H18F3N5O3. The number of aryl methyl sites for hydroxylation is 1. The third kappa shape index (κ3) is 4.05. The molecule has 0 fully saturated rings. The quantitative estimate of drug-likeness (QED) is 0.366. The first-order valence-electron chi connectivity index (χ1n) is 10.6. The van der Waals surface area contributed by atoms with E-state index in [0.717, 1.165) is 34.7 Å². The maximum absolute atomic E-state index is 13.2. The molecular weight excluding hydrogens is 463 g/mol. The molecule has 3 heterocycles. The van der Waals surface area contributed by atoms with Gasteiger partial charge in [-0.25, -0.2) is 4.52 Å². The second-order valence-corrected chi connectivity index (χ2v) is 7.61. The van der Waals surface area contributed by atoms with Gasteiger partial charge in [-0.05, 0) is 54.4 Å². The van der Waals surface area contributed by atoms with E-state index in [1.165, 1.54) is 22.9 Å². The monoisotopic (exact) mass is 481 g/mol. The number of aromatic nitrogens is 5. The zero-order valence-electron chi connectivity index (χ0n) is 18.6. The van der Waals surface area contributed by atoms with Crippen molar-refractivity contribution in [3.63, 3.8) is 0 Å². The van der Waals surface area contributed by atoms with Crippen LogP contribution in [0.1, 0.15) is 12.6 Å². The van der Waals surface area contributed by atoms with Crippen molar-refractivity contribution in [3.8, 4) is 28.3 Å². The van der Waals surface area contributed by atoms with E-state index in [1.54, 1.807) is 17.7 Å². The molecule has 178 valence electrons. The first kappa shape index (κ1) is 22.4. The van der Waals surface area contributed by atoms with Crippen molar-refractivity contribution < 1.29 is 22.6 Å². The van der Waals surface area contributed by atoms with Crippen LogP contribution in [-0.4, -0.2) is 37.9 Å². The summed E-state index contributed by atoms with van der Waals surface area (Å²) < 4.78 is 49.3. The lowest BCUT2D eigenvalue weighted by Crippen LogP contribution is -2.20. The van der Waals surface area contributed by atoms with E-state index in [2.05, 4.69) is 20.0 Å². The third-order valence-corrected chi connectivity index (χ3v) is 5.51. The molecule has 5 aromatic rings. The SMILES string of the molecule is CCc1nn2c(nnc3c(=O)n(-c4ccc(OC(F)(F)F)cc4)ccc32)c1-c1ccc(OC)cc1. The highest BCUT2D eigenvalue weighted by molar-refractivity contribution is 5.85. The molecule has 0 amide bonds. The van der Waals surface area contributed by atoms with Gasteiger partial charge in [0.1, 0.15) is 17.0 Å². The zero-order chi connectivity index (χ0) is 24.7. The summed E-state index contributed by atoms with van der Waals surface area (Å²) in [7, 11) is 1.59. The fourth-order valence-electron chi connectivity index (χ4n) is 3.90. The second-order valence-electron chi connectivity index (χ2n) is 7.61. The number of benzene rings is 2. The second kappa shape index (κ2) is 8.42. The van der Waals surface area contributed by atoms with Crippen LogP contribution in [0.25, 0.3) is 33.5 Å². The molecule has 35 heavy (non-hydrogen) atoms. The van der Waals surface area contributed by atoms with E-state index in [9.17, 15) is 18.0 Å². The number of hydrogen-bond donors (Lipinski definition) is 0. The van der Waals surface area contributed by atoms with Crippen LogP contribution >= 0.6 is 0 Å². The molecule has 8 nitrogen and oxygen atoms in total. The minimum Gasteiger partial charge on any atom is -0.497 e. The van der Waals surface area contributed by atoms with E-state index in [4.69, 9.17) is 4.74 Å². The average Bonchev–Trinajstić information content (AvgIpc) is 3.23. The Kier molecular flexibility index (Phi) is 5.39. The number of nitrogens with zero attached hydrogens (tertiary/aromatic N) is 5. The number of alkyl halides is 3. The van der Waals surface area contributed by atoms with Gasteiger partial charge in [-0.3, -0.25) is 9.36 Å². The number of ether oxygens (including phenoxy) is 2. The summed E-state index contributed by atoms with van der Waals surface area (Å²) in [5.41, 5.74) is 3.40. The van der Waals surface area contributed by atoms with Gasteiger partial charge in [0.2, 0.25) is 0 Å². The molecule has 0 N–H and O–H groups in total. The predicted octanol–water partition coefficient (Wildman–Crippen LogP) is 4.57. The van der Waals surface area contributed by atoms with Crippen LogP contribution in [0.15, 0.2) is 65.6 Å². The Morgan fingerprint density at radius 1 is 0.943 bits per heavy atom. The van der Waals surface area contributed by atoms with Crippen LogP contribution in [0.2, 0.25) is 0 Å². The van der Waals surface area contributed by atoms with E-state index in [0.29, 0.717) is 23.3 Å². The lowest BCUT2D eigenvalue weighted by atomic mass is 10.0. The standard InChI is InChI=1S/C24H18F3N5O3/c1-3-18-20(14-4-8-16(34-2)9-5-14)22-29-28-21-19(32(22)30-18)12-13-31(23(21)33)15-6-10-17(11-7-15)35-24(25,26)27/h4-13H,3H2,1-2H3. The Balaban J connectivity index is 1.61. The van der Waals surface area contributed by atoms with Gasteiger partial charge >= 0.3 is 6.36 Å². The molecule has 0 saturated carbocycles. The first-order chi connectivity index (χ1) is 16.8. The van der Waals surface area contributed by atoms with Gasteiger partial charge in [-0.15, -0.1) is 23.4 Å². The molecule has 3 aromatic heterocycles. The van der Waals surface area contributed by atoms with Gasteiger partial charge in [0.25, 0.3) is 5.56 Å². The van der Waals surface area contributed by atoms with Gasteiger partial charge in [-0.1, -0.05) is 19.1 Å². The maximum atomic E-state index is 13.2. The van der Waals surface area contributed by atoms with Crippen molar-refractivity contribution in [1.29, 1.82) is 0 Å². The molecule has 0 radical (unpaired) electrons. The molecule has 0 atom stereocenters. The Morgan fingerprint density at radius 2 is 1.63 bits per heavy atom. The fourth-order valence-corrected chi connectivity index (χ4v) is 3.90. The van der Waals surface area contributed by atoms with Crippen LogP contribution < -0.4 is 15.0 Å². The lowest BCUT2D eigenvalue weighted by molar-refractivity contribution is -0.274. The molecule has 5 rings (SSSR count). The number of halogens is 3. The van der Waals surface area contributed by atoms with E-state index in [1.807, 2.05) is 31.2 Å². The maximum Gasteiger partial charge on any atom is 0.573 e. The molecule has 0 saturated heterocycles. The molecule has 0 bridgehead atoms. The average molecular weight is 481 g/mol. The number of pyridine rings is 1. The van der Waals surface area contributed by atoms with Gasteiger partial charge < -0.3 is 9.47 Å². The van der Waals surface area contributed by atoms with E-state index in [-0.39, 0.29) is 11.3 Å². The minimum absolute atomic E-state index is 0.0713. The van der Waals surface area contributed by atoms with Crippen molar-refractivity contribution in [2.75, 3.05) is 7.11 Å². The molecule has 0 aliphatic rings. The highest BCUT2D eigenvalue weighted by Crippen LogP contribution is 2.30. The normalized spacial score (nSPS) is 11.8. The molecule has 2 aromatic carbocycles. The number of hydrogen-bond acceptors (Lipinski definition) is 6. The lowest BCUT2D eigenvalue weighted by Gasteiger charge is -2.11. The Labute approximate surface area is 196 Å². The molecule has 0 spiro atoms. The van der Waals surface area contributed by atoms with Crippen LogP contribution in [0.4, 0.5) is 13.2 Å². The summed E-state index contributed by atoms with van der Waals surface area (Å²) in [4.78, 5) is 13.2. The topological polar surface area (TPSA) is 83.5 Å². The molecule has 0 aliphatic heterocycles. The molecule has 0 unspecified atom stereocenters. The summed E-state index contributed by atoms with van der Waals surface area (Å²) in [5.74, 6) is 0.338.